The maximum Gasteiger partial charge on any atom is 0.118 e. The van der Waals surface area contributed by atoms with Crippen LogP contribution in [-0.4, -0.2) is 32.1 Å². The lowest BCUT2D eigenvalue weighted by atomic mass is 9.85. The average Bonchev–Trinajstić information content (AvgIpc) is 2.38. The molecule has 1 fully saturated rings. The zero-order valence-corrected chi connectivity index (χ0v) is 10.7. The minimum atomic E-state index is 0.458. The molecule has 1 saturated heterocycles. The smallest absolute Gasteiger partial charge is 0.118 e. The molecule has 1 heterocycles. The van der Waals surface area contributed by atoms with Crippen molar-refractivity contribution in [3.8, 4) is 5.75 Å². The first-order chi connectivity index (χ1) is 8.26. The maximum atomic E-state index is 5.90. The van der Waals surface area contributed by atoms with E-state index in [0.717, 1.165) is 18.8 Å². The van der Waals surface area contributed by atoms with Gasteiger partial charge in [0.25, 0.3) is 0 Å². The summed E-state index contributed by atoms with van der Waals surface area (Å²) in [6.45, 7) is 1.92. The lowest BCUT2D eigenvalue weighted by Crippen LogP contribution is -2.39. The van der Waals surface area contributed by atoms with Crippen molar-refractivity contribution in [1.82, 2.24) is 4.90 Å². The zero-order valence-electron chi connectivity index (χ0n) is 10.7. The Labute approximate surface area is 104 Å². The Bertz CT molecular complexity index is 350. The van der Waals surface area contributed by atoms with E-state index in [2.05, 4.69) is 24.1 Å². The molecule has 0 aliphatic carbocycles. The molecular weight excluding hydrogens is 212 g/mol. The van der Waals surface area contributed by atoms with Crippen molar-refractivity contribution in [2.45, 2.75) is 18.9 Å². The van der Waals surface area contributed by atoms with E-state index < -0.39 is 0 Å². The fourth-order valence-electron chi connectivity index (χ4n) is 2.83. The Morgan fingerprint density at radius 1 is 1.35 bits per heavy atom. The van der Waals surface area contributed by atoms with E-state index in [-0.39, 0.29) is 0 Å². The van der Waals surface area contributed by atoms with Gasteiger partial charge in [0.2, 0.25) is 0 Å². The molecular formula is C14H22N2O. The van der Waals surface area contributed by atoms with Crippen LogP contribution in [0.4, 0.5) is 0 Å². The van der Waals surface area contributed by atoms with E-state index in [1.807, 2.05) is 12.1 Å². The SMILES string of the molecule is COc1ccc(C2C(CN)CCCN2C)cc1. The predicted molar refractivity (Wildman–Crippen MR) is 70.1 cm³/mol. The highest BCUT2D eigenvalue weighted by atomic mass is 16.5. The molecule has 0 saturated carbocycles. The highest BCUT2D eigenvalue weighted by Gasteiger charge is 2.29. The largest absolute Gasteiger partial charge is 0.497 e. The summed E-state index contributed by atoms with van der Waals surface area (Å²) in [5, 5.41) is 0. The van der Waals surface area contributed by atoms with E-state index in [9.17, 15) is 0 Å². The summed E-state index contributed by atoms with van der Waals surface area (Å²) in [6, 6.07) is 8.85. The van der Waals surface area contributed by atoms with Crippen LogP contribution in [0.15, 0.2) is 24.3 Å². The third-order valence-corrected chi connectivity index (χ3v) is 3.77. The van der Waals surface area contributed by atoms with Gasteiger partial charge in [0.05, 0.1) is 7.11 Å². The number of likely N-dealkylation sites (tertiary alicyclic amines) is 1. The quantitative estimate of drug-likeness (QED) is 0.869. The van der Waals surface area contributed by atoms with Gasteiger partial charge in [0, 0.05) is 6.04 Å². The van der Waals surface area contributed by atoms with E-state index in [4.69, 9.17) is 10.5 Å². The molecule has 1 aromatic rings. The number of benzene rings is 1. The highest BCUT2D eigenvalue weighted by molar-refractivity contribution is 5.29. The van der Waals surface area contributed by atoms with Crippen LogP contribution < -0.4 is 10.5 Å². The summed E-state index contributed by atoms with van der Waals surface area (Å²) in [7, 11) is 3.89. The normalized spacial score (nSPS) is 25.8. The van der Waals surface area contributed by atoms with Gasteiger partial charge in [-0.3, -0.25) is 4.90 Å². The summed E-state index contributed by atoms with van der Waals surface area (Å²) in [5.74, 6) is 1.48. The van der Waals surface area contributed by atoms with Gasteiger partial charge in [-0.2, -0.15) is 0 Å². The third-order valence-electron chi connectivity index (χ3n) is 3.77. The standard InChI is InChI=1S/C14H22N2O/c1-16-9-3-4-12(10-15)14(16)11-5-7-13(17-2)8-6-11/h5-8,12,14H,3-4,9-10,15H2,1-2H3. The molecule has 1 aromatic carbocycles. The van der Waals surface area contributed by atoms with E-state index in [1.54, 1.807) is 7.11 Å². The first-order valence-corrected chi connectivity index (χ1v) is 6.30. The molecule has 1 aliphatic rings. The Balaban J connectivity index is 2.21. The van der Waals surface area contributed by atoms with Crippen molar-refractivity contribution in [1.29, 1.82) is 0 Å². The topological polar surface area (TPSA) is 38.5 Å². The zero-order chi connectivity index (χ0) is 12.3. The Morgan fingerprint density at radius 3 is 2.65 bits per heavy atom. The molecule has 3 nitrogen and oxygen atoms in total. The Kier molecular flexibility index (Phi) is 4.02. The number of piperidine rings is 1. The summed E-state index contributed by atoms with van der Waals surface area (Å²) < 4.78 is 5.20. The minimum Gasteiger partial charge on any atom is -0.497 e. The molecule has 0 bridgehead atoms. The van der Waals surface area contributed by atoms with Crippen LogP contribution in [0.25, 0.3) is 0 Å². The van der Waals surface area contributed by atoms with Crippen molar-refractivity contribution in [2.24, 2.45) is 11.7 Å². The molecule has 3 heteroatoms. The van der Waals surface area contributed by atoms with E-state index in [1.165, 1.54) is 18.4 Å². The van der Waals surface area contributed by atoms with Crippen LogP contribution in [0.1, 0.15) is 24.4 Å². The molecule has 94 valence electrons. The molecule has 0 aromatic heterocycles. The Hall–Kier alpha value is -1.06. The maximum absolute atomic E-state index is 5.90. The molecule has 2 rings (SSSR count). The van der Waals surface area contributed by atoms with Crippen molar-refractivity contribution in [3.05, 3.63) is 29.8 Å². The molecule has 2 N–H and O–H groups in total. The molecule has 17 heavy (non-hydrogen) atoms. The number of ether oxygens (including phenoxy) is 1. The molecule has 2 atom stereocenters. The summed E-state index contributed by atoms with van der Waals surface area (Å²) >= 11 is 0. The van der Waals surface area contributed by atoms with Gasteiger partial charge < -0.3 is 10.5 Å². The Morgan fingerprint density at radius 2 is 2.06 bits per heavy atom. The number of hydrogen-bond acceptors (Lipinski definition) is 3. The van der Waals surface area contributed by atoms with Crippen LogP contribution in [0.2, 0.25) is 0 Å². The van der Waals surface area contributed by atoms with Crippen molar-refractivity contribution in [2.75, 3.05) is 27.2 Å². The van der Waals surface area contributed by atoms with Gasteiger partial charge in [-0.1, -0.05) is 12.1 Å². The second-order valence-corrected chi connectivity index (χ2v) is 4.84. The average molecular weight is 234 g/mol. The number of hydrogen-bond donors (Lipinski definition) is 1. The minimum absolute atomic E-state index is 0.458. The van der Waals surface area contributed by atoms with Crippen LogP contribution in [0.3, 0.4) is 0 Å². The molecule has 1 aliphatic heterocycles. The van der Waals surface area contributed by atoms with Crippen LogP contribution in [0, 0.1) is 5.92 Å². The lowest BCUT2D eigenvalue weighted by Gasteiger charge is -2.39. The fraction of sp³-hybridized carbons (Fsp3) is 0.571. The number of methoxy groups -OCH3 is 1. The van der Waals surface area contributed by atoms with Crippen molar-refractivity contribution in [3.63, 3.8) is 0 Å². The van der Waals surface area contributed by atoms with Gasteiger partial charge in [-0.05, 0) is 56.6 Å². The van der Waals surface area contributed by atoms with Crippen LogP contribution in [0.5, 0.6) is 5.75 Å². The summed E-state index contributed by atoms with van der Waals surface area (Å²) in [6.07, 6.45) is 2.49. The highest BCUT2D eigenvalue weighted by Crippen LogP contribution is 2.34. The number of nitrogens with zero attached hydrogens (tertiary/aromatic N) is 1. The first-order valence-electron chi connectivity index (χ1n) is 6.30. The van der Waals surface area contributed by atoms with Crippen LogP contribution >= 0.6 is 0 Å². The molecule has 0 spiro atoms. The van der Waals surface area contributed by atoms with Crippen molar-refractivity contribution >= 4 is 0 Å². The number of rotatable bonds is 3. The summed E-state index contributed by atoms with van der Waals surface area (Å²) in [5.41, 5.74) is 7.25. The molecule has 0 radical (unpaired) electrons. The lowest BCUT2D eigenvalue weighted by molar-refractivity contribution is 0.125. The van der Waals surface area contributed by atoms with Gasteiger partial charge in [-0.25, -0.2) is 0 Å². The monoisotopic (exact) mass is 234 g/mol. The van der Waals surface area contributed by atoms with E-state index >= 15 is 0 Å². The van der Waals surface area contributed by atoms with Gasteiger partial charge in [-0.15, -0.1) is 0 Å². The second kappa shape index (κ2) is 5.52. The summed E-state index contributed by atoms with van der Waals surface area (Å²) in [4.78, 5) is 2.42. The molecule has 0 amide bonds. The molecule has 2 unspecified atom stereocenters. The fourth-order valence-corrected chi connectivity index (χ4v) is 2.83. The predicted octanol–water partition coefficient (Wildman–Crippen LogP) is 2.04. The van der Waals surface area contributed by atoms with Gasteiger partial charge in [0.1, 0.15) is 5.75 Å². The second-order valence-electron chi connectivity index (χ2n) is 4.84. The third kappa shape index (κ3) is 2.61. The first kappa shape index (κ1) is 12.4. The number of nitrogens with two attached hydrogens (primary N) is 1. The van der Waals surface area contributed by atoms with Gasteiger partial charge >= 0.3 is 0 Å². The van der Waals surface area contributed by atoms with E-state index in [0.29, 0.717) is 12.0 Å². The van der Waals surface area contributed by atoms with Crippen LogP contribution in [-0.2, 0) is 0 Å². The van der Waals surface area contributed by atoms with Crippen molar-refractivity contribution < 1.29 is 4.74 Å². The van der Waals surface area contributed by atoms with Gasteiger partial charge in [0.15, 0.2) is 0 Å².